The fraction of sp³-hybridized carbons (Fsp3) is 0. The largest absolute Gasteiger partial charge is 0.369 e. The second-order valence-corrected chi connectivity index (χ2v) is 3.21. The third-order valence-electron chi connectivity index (χ3n) is 1.50. The normalized spacial score (nSPS) is 10.3. The molecule has 16 heavy (non-hydrogen) atoms. The first-order chi connectivity index (χ1) is 7.49. The Morgan fingerprint density at radius 1 is 1.44 bits per heavy atom. The molecule has 0 heterocycles. The van der Waals surface area contributed by atoms with E-state index >= 15 is 0 Å². The third kappa shape index (κ3) is 3.54. The van der Waals surface area contributed by atoms with E-state index in [9.17, 15) is 10.1 Å². The monoisotopic (exact) mass is 241 g/mol. The van der Waals surface area contributed by atoms with Gasteiger partial charge in [0.1, 0.15) is 0 Å². The summed E-state index contributed by atoms with van der Waals surface area (Å²) in [4.78, 5) is 9.97. The second-order valence-electron chi connectivity index (χ2n) is 2.77. The third-order valence-corrected chi connectivity index (χ3v) is 1.71. The van der Waals surface area contributed by atoms with Gasteiger partial charge in [-0.2, -0.15) is 5.10 Å². The van der Waals surface area contributed by atoms with Crippen LogP contribution < -0.4 is 11.5 Å². The van der Waals surface area contributed by atoms with Crippen molar-refractivity contribution in [3.8, 4) is 0 Å². The average Bonchev–Trinajstić information content (AvgIpc) is 2.16. The van der Waals surface area contributed by atoms with Crippen LogP contribution in [0.3, 0.4) is 0 Å². The number of rotatable bonds is 3. The summed E-state index contributed by atoms with van der Waals surface area (Å²) in [5.41, 5.74) is 10.4. The van der Waals surface area contributed by atoms with Crippen molar-refractivity contribution >= 4 is 29.5 Å². The van der Waals surface area contributed by atoms with Gasteiger partial charge < -0.3 is 11.5 Å². The zero-order valence-corrected chi connectivity index (χ0v) is 8.76. The molecule has 0 radical (unpaired) electrons. The van der Waals surface area contributed by atoms with E-state index < -0.39 is 4.92 Å². The molecule has 0 aliphatic rings. The van der Waals surface area contributed by atoms with Crippen LogP contribution in [-0.2, 0) is 0 Å². The van der Waals surface area contributed by atoms with Crippen molar-refractivity contribution in [3.63, 3.8) is 0 Å². The molecule has 0 amide bonds. The quantitative estimate of drug-likeness (QED) is 0.353. The van der Waals surface area contributed by atoms with Crippen molar-refractivity contribution in [2.75, 3.05) is 0 Å². The maximum Gasteiger partial charge on any atom is 0.271 e. The maximum atomic E-state index is 10.5. The summed E-state index contributed by atoms with van der Waals surface area (Å²) in [7, 11) is 0. The molecule has 0 aromatic heterocycles. The molecule has 0 atom stereocenters. The van der Waals surface area contributed by atoms with Crippen LogP contribution in [0.25, 0.3) is 0 Å². The molecular weight excluding hydrogens is 234 g/mol. The number of nitrogens with two attached hydrogens (primary N) is 2. The van der Waals surface area contributed by atoms with E-state index in [4.69, 9.17) is 23.1 Å². The van der Waals surface area contributed by atoms with Crippen molar-refractivity contribution in [1.82, 2.24) is 0 Å². The molecule has 0 saturated carbocycles. The number of halogens is 1. The SMILES string of the molecule is NC(N)=NN=Cc1cc(Cl)cc([N+](=O)[O-])c1. The predicted molar refractivity (Wildman–Crippen MR) is 61.5 cm³/mol. The minimum absolute atomic E-state index is 0.126. The Labute approximate surface area is 95.6 Å². The van der Waals surface area contributed by atoms with E-state index in [1.807, 2.05) is 0 Å². The number of hydrogen-bond donors (Lipinski definition) is 2. The number of nitro groups is 1. The van der Waals surface area contributed by atoms with Gasteiger partial charge in [0.15, 0.2) is 0 Å². The summed E-state index contributed by atoms with van der Waals surface area (Å²) in [6.45, 7) is 0. The maximum absolute atomic E-state index is 10.5. The second kappa shape index (κ2) is 5.08. The Kier molecular flexibility index (Phi) is 3.78. The van der Waals surface area contributed by atoms with E-state index in [-0.39, 0.29) is 16.7 Å². The first-order valence-electron chi connectivity index (χ1n) is 4.06. The standard InChI is InChI=1S/C8H8ClN5O2/c9-6-1-5(4-12-13-8(10)11)2-7(3-6)14(15)16/h1-4H,(H4,10,11,13). The van der Waals surface area contributed by atoms with Crippen LogP contribution in [0.4, 0.5) is 5.69 Å². The Morgan fingerprint density at radius 3 is 2.69 bits per heavy atom. The van der Waals surface area contributed by atoms with E-state index in [1.54, 1.807) is 0 Å². The van der Waals surface area contributed by atoms with Gasteiger partial charge in [0.25, 0.3) is 5.69 Å². The Balaban J connectivity index is 3.01. The topological polar surface area (TPSA) is 120 Å². The number of nitro benzene ring substituents is 1. The molecule has 0 saturated heterocycles. The van der Waals surface area contributed by atoms with Crippen molar-refractivity contribution < 1.29 is 4.92 Å². The number of non-ortho nitro benzene ring substituents is 1. The van der Waals surface area contributed by atoms with Crippen LogP contribution in [0.5, 0.6) is 0 Å². The lowest BCUT2D eigenvalue weighted by atomic mass is 10.2. The van der Waals surface area contributed by atoms with Gasteiger partial charge in [-0.05, 0) is 6.07 Å². The van der Waals surface area contributed by atoms with E-state index in [2.05, 4.69) is 10.2 Å². The molecule has 1 aromatic rings. The summed E-state index contributed by atoms with van der Waals surface area (Å²) in [6, 6.07) is 4.04. The highest BCUT2D eigenvalue weighted by Crippen LogP contribution is 2.19. The molecule has 0 aliphatic carbocycles. The molecule has 1 aromatic carbocycles. The van der Waals surface area contributed by atoms with Gasteiger partial charge in [-0.1, -0.05) is 11.6 Å². The van der Waals surface area contributed by atoms with Gasteiger partial charge in [-0.15, -0.1) is 5.10 Å². The lowest BCUT2D eigenvalue weighted by molar-refractivity contribution is -0.384. The smallest absolute Gasteiger partial charge is 0.271 e. The predicted octanol–water partition coefficient (Wildman–Crippen LogP) is 0.856. The molecule has 4 N–H and O–H groups in total. The Bertz CT molecular complexity index is 467. The average molecular weight is 242 g/mol. The van der Waals surface area contributed by atoms with Crippen LogP contribution in [-0.4, -0.2) is 17.1 Å². The highest BCUT2D eigenvalue weighted by atomic mass is 35.5. The highest BCUT2D eigenvalue weighted by Gasteiger charge is 2.07. The molecule has 1 rings (SSSR count). The first kappa shape index (κ1) is 11.9. The molecule has 0 unspecified atom stereocenters. The van der Waals surface area contributed by atoms with E-state index in [0.29, 0.717) is 5.56 Å². The molecular formula is C8H8ClN5O2. The molecule has 0 aliphatic heterocycles. The van der Waals surface area contributed by atoms with E-state index in [0.717, 1.165) is 0 Å². The number of guanidine groups is 1. The van der Waals surface area contributed by atoms with Gasteiger partial charge in [0, 0.05) is 22.7 Å². The minimum atomic E-state index is -0.552. The van der Waals surface area contributed by atoms with Gasteiger partial charge in [-0.3, -0.25) is 10.1 Å². The van der Waals surface area contributed by atoms with Crippen molar-refractivity contribution in [2.24, 2.45) is 21.7 Å². The van der Waals surface area contributed by atoms with Crippen molar-refractivity contribution in [2.45, 2.75) is 0 Å². The summed E-state index contributed by atoms with van der Waals surface area (Å²) >= 11 is 5.68. The van der Waals surface area contributed by atoms with Crippen molar-refractivity contribution in [1.29, 1.82) is 0 Å². The fourth-order valence-corrected chi connectivity index (χ4v) is 1.18. The molecule has 0 bridgehead atoms. The van der Waals surface area contributed by atoms with Crippen molar-refractivity contribution in [3.05, 3.63) is 38.9 Å². The lowest BCUT2D eigenvalue weighted by Crippen LogP contribution is -2.21. The van der Waals surface area contributed by atoms with Crippen LogP contribution in [0.1, 0.15) is 5.56 Å². The molecule has 84 valence electrons. The molecule has 0 spiro atoms. The fourth-order valence-electron chi connectivity index (χ4n) is 0.938. The van der Waals surface area contributed by atoms with E-state index in [1.165, 1.54) is 24.4 Å². The molecule has 7 nitrogen and oxygen atoms in total. The van der Waals surface area contributed by atoms with Gasteiger partial charge in [0.2, 0.25) is 5.96 Å². The van der Waals surface area contributed by atoms with Crippen LogP contribution in [0.15, 0.2) is 28.4 Å². The zero-order valence-electron chi connectivity index (χ0n) is 8.00. The zero-order chi connectivity index (χ0) is 12.1. The molecule has 0 fully saturated rings. The summed E-state index contributed by atoms with van der Waals surface area (Å²) in [5, 5.41) is 17.6. The number of benzene rings is 1. The lowest BCUT2D eigenvalue weighted by Gasteiger charge is -1.95. The minimum Gasteiger partial charge on any atom is -0.369 e. The van der Waals surface area contributed by atoms with Gasteiger partial charge in [0.05, 0.1) is 11.1 Å². The Hall–Kier alpha value is -2.15. The number of nitrogens with zero attached hydrogens (tertiary/aromatic N) is 3. The van der Waals surface area contributed by atoms with Gasteiger partial charge >= 0.3 is 0 Å². The summed E-state index contributed by atoms with van der Waals surface area (Å²) < 4.78 is 0. The van der Waals surface area contributed by atoms with Gasteiger partial charge in [-0.25, -0.2) is 0 Å². The van der Waals surface area contributed by atoms with Crippen LogP contribution >= 0.6 is 11.6 Å². The Morgan fingerprint density at radius 2 is 2.12 bits per heavy atom. The highest BCUT2D eigenvalue weighted by molar-refractivity contribution is 6.31. The summed E-state index contributed by atoms with van der Waals surface area (Å²) in [6.07, 6.45) is 1.26. The molecule has 8 heteroatoms. The summed E-state index contributed by atoms with van der Waals surface area (Å²) in [5.74, 6) is -0.201. The van der Waals surface area contributed by atoms with Crippen LogP contribution in [0, 0.1) is 10.1 Å². The number of hydrogen-bond acceptors (Lipinski definition) is 4. The first-order valence-corrected chi connectivity index (χ1v) is 4.44. The van der Waals surface area contributed by atoms with Crippen LogP contribution in [0.2, 0.25) is 5.02 Å².